The molecule has 0 unspecified atom stereocenters. The van der Waals surface area contributed by atoms with Gasteiger partial charge in [0.25, 0.3) is 0 Å². The van der Waals surface area contributed by atoms with Gasteiger partial charge in [0, 0.05) is 25.9 Å². The number of likely N-dealkylation sites (N-methyl/N-ethyl adjacent to an activating group) is 2. The van der Waals surface area contributed by atoms with Crippen LogP contribution < -0.4 is 44.6 Å². The first-order chi connectivity index (χ1) is 14.1. The molecule has 0 aromatic heterocycles. The third-order valence-corrected chi connectivity index (χ3v) is 4.90. The first-order valence-corrected chi connectivity index (χ1v) is 10.7. The van der Waals surface area contributed by atoms with Crippen molar-refractivity contribution in [2.75, 3.05) is 93.9 Å². The summed E-state index contributed by atoms with van der Waals surface area (Å²) in [6.45, 7) is 14.6. The molecular formula is C22H44Br2N4O4. The third-order valence-electron chi connectivity index (χ3n) is 4.90. The molecule has 0 rings (SSSR count). The van der Waals surface area contributed by atoms with Crippen molar-refractivity contribution in [3.05, 3.63) is 25.3 Å². The largest absolute Gasteiger partial charge is 1.00 e. The number of quaternary nitrogens is 2. The topological polar surface area (TPSA) is 76.7 Å². The molecule has 2 amide bonds. The van der Waals surface area contributed by atoms with Gasteiger partial charge in [0.2, 0.25) is 11.8 Å². The van der Waals surface area contributed by atoms with Crippen molar-refractivity contribution in [2.45, 2.75) is 12.8 Å². The van der Waals surface area contributed by atoms with Crippen LogP contribution in [0.25, 0.3) is 0 Å². The molecule has 0 aliphatic carbocycles. The molecule has 0 bridgehead atoms. The fraction of sp³-hybridized carbons (Fsp3) is 0.727. The van der Waals surface area contributed by atoms with E-state index in [0.29, 0.717) is 39.5 Å². The third kappa shape index (κ3) is 22.4. The smallest absolute Gasteiger partial charge is 0.243 e. The summed E-state index contributed by atoms with van der Waals surface area (Å²) in [5.74, 6) is -0.245. The van der Waals surface area contributed by atoms with Gasteiger partial charge in [-0.15, -0.1) is 0 Å². The van der Waals surface area contributed by atoms with E-state index in [9.17, 15) is 9.59 Å². The zero-order chi connectivity index (χ0) is 22.9. The van der Waals surface area contributed by atoms with Gasteiger partial charge in [-0.3, -0.25) is 9.59 Å². The summed E-state index contributed by atoms with van der Waals surface area (Å²) < 4.78 is 13.1. The molecule has 8 nitrogen and oxygen atoms in total. The van der Waals surface area contributed by atoms with Crippen molar-refractivity contribution in [2.24, 2.45) is 0 Å². The molecule has 0 saturated heterocycles. The zero-order valence-electron chi connectivity index (χ0n) is 20.3. The molecular weight excluding hydrogens is 544 g/mol. The Morgan fingerprint density at radius 3 is 1.34 bits per heavy atom. The normalized spacial score (nSPS) is 11.0. The monoisotopic (exact) mass is 586 g/mol. The number of nitrogens with zero attached hydrogens (tertiary/aromatic N) is 2. The van der Waals surface area contributed by atoms with E-state index in [1.807, 2.05) is 0 Å². The highest BCUT2D eigenvalue weighted by Gasteiger charge is 2.15. The number of carbonyl (C=O) groups excluding carboxylic acids is 2. The lowest BCUT2D eigenvalue weighted by Gasteiger charge is -2.30. The molecule has 10 heteroatoms. The van der Waals surface area contributed by atoms with Crippen LogP contribution in [0.3, 0.4) is 0 Å². The maximum atomic E-state index is 11.1. The van der Waals surface area contributed by atoms with Crippen molar-refractivity contribution < 1.29 is 62.0 Å². The van der Waals surface area contributed by atoms with Gasteiger partial charge in [-0.05, 0) is 12.2 Å². The van der Waals surface area contributed by atoms with E-state index in [2.05, 4.69) is 52.0 Å². The molecule has 0 fully saturated rings. The number of amides is 2. The van der Waals surface area contributed by atoms with E-state index in [1.54, 1.807) is 0 Å². The summed E-state index contributed by atoms with van der Waals surface area (Å²) in [6.07, 6.45) is 4.43. The van der Waals surface area contributed by atoms with Gasteiger partial charge in [0.1, 0.15) is 13.1 Å². The highest BCUT2D eigenvalue weighted by Crippen LogP contribution is 2.00. The van der Waals surface area contributed by atoms with Gasteiger partial charge in [0.05, 0.1) is 67.7 Å². The highest BCUT2D eigenvalue weighted by atomic mass is 79.9. The Balaban J connectivity index is -0.00000420. The molecule has 0 heterocycles. The molecule has 190 valence electrons. The lowest BCUT2D eigenvalue weighted by atomic mass is 10.3. The van der Waals surface area contributed by atoms with Crippen molar-refractivity contribution in [3.63, 3.8) is 0 Å². The standard InChI is InChI=1S/C22H42N4O4.2BrH/c1-7-21(27)23-11-9-13-25(3,4)15-17-29-19-20-30-18-16-26(5,6)14-10-12-24-22(28)8-2;;/h7-8H,1-2,9-20H2,3-6H3;2*1H. The highest BCUT2D eigenvalue weighted by molar-refractivity contribution is 5.87. The van der Waals surface area contributed by atoms with Crippen LogP contribution in [0.4, 0.5) is 0 Å². The molecule has 2 N–H and O–H groups in total. The predicted octanol–water partition coefficient (Wildman–Crippen LogP) is -5.44. The van der Waals surface area contributed by atoms with Crippen LogP contribution >= 0.6 is 0 Å². The quantitative estimate of drug-likeness (QED) is 0.0899. The average molecular weight is 588 g/mol. The lowest BCUT2D eigenvalue weighted by Crippen LogP contribution is -3.00. The Bertz CT molecular complexity index is 486. The Morgan fingerprint density at radius 2 is 1.03 bits per heavy atom. The van der Waals surface area contributed by atoms with E-state index in [4.69, 9.17) is 9.47 Å². The first-order valence-electron chi connectivity index (χ1n) is 10.7. The van der Waals surface area contributed by atoms with Gasteiger partial charge in [0.15, 0.2) is 0 Å². The molecule has 0 atom stereocenters. The summed E-state index contributed by atoms with van der Waals surface area (Å²) in [6, 6.07) is 0. The van der Waals surface area contributed by atoms with E-state index in [-0.39, 0.29) is 45.8 Å². The second-order valence-corrected chi connectivity index (χ2v) is 8.69. The Morgan fingerprint density at radius 1 is 0.688 bits per heavy atom. The van der Waals surface area contributed by atoms with Crippen molar-refractivity contribution in [3.8, 4) is 0 Å². The maximum absolute atomic E-state index is 11.1. The van der Waals surface area contributed by atoms with Crippen LogP contribution in [0, 0.1) is 0 Å². The number of carbonyl (C=O) groups is 2. The van der Waals surface area contributed by atoms with Crippen LogP contribution in [-0.2, 0) is 19.1 Å². The van der Waals surface area contributed by atoms with Crippen LogP contribution in [0.2, 0.25) is 0 Å². The average Bonchev–Trinajstić information content (AvgIpc) is 2.70. The van der Waals surface area contributed by atoms with Gasteiger partial charge >= 0.3 is 0 Å². The molecule has 0 aromatic carbocycles. The summed E-state index contributed by atoms with van der Waals surface area (Å²) in [7, 11) is 8.66. The summed E-state index contributed by atoms with van der Waals surface area (Å²) in [5, 5.41) is 5.59. The Labute approximate surface area is 216 Å². The van der Waals surface area contributed by atoms with E-state index in [0.717, 1.165) is 48.0 Å². The lowest BCUT2D eigenvalue weighted by molar-refractivity contribution is -0.891. The zero-order valence-corrected chi connectivity index (χ0v) is 23.5. The summed E-state index contributed by atoms with van der Waals surface area (Å²) in [4.78, 5) is 22.2. The minimum absolute atomic E-state index is 0. The number of rotatable bonds is 19. The van der Waals surface area contributed by atoms with Crippen molar-refractivity contribution in [1.82, 2.24) is 10.6 Å². The molecule has 0 saturated carbocycles. The van der Waals surface area contributed by atoms with Crippen LogP contribution in [0.5, 0.6) is 0 Å². The second kappa shape index (κ2) is 20.8. The van der Waals surface area contributed by atoms with Crippen molar-refractivity contribution >= 4 is 11.8 Å². The van der Waals surface area contributed by atoms with E-state index < -0.39 is 0 Å². The maximum Gasteiger partial charge on any atom is 0.243 e. The minimum atomic E-state index is -0.122. The number of hydrogen-bond acceptors (Lipinski definition) is 4. The molecule has 32 heavy (non-hydrogen) atoms. The van der Waals surface area contributed by atoms with Gasteiger partial charge in [-0.2, -0.15) is 0 Å². The minimum Gasteiger partial charge on any atom is -1.00 e. The number of nitrogens with one attached hydrogen (secondary N) is 2. The molecule has 0 aliphatic rings. The Kier molecular flexibility index (Phi) is 23.3. The fourth-order valence-electron chi connectivity index (χ4n) is 2.75. The fourth-order valence-corrected chi connectivity index (χ4v) is 2.75. The summed E-state index contributed by atoms with van der Waals surface area (Å²) >= 11 is 0. The van der Waals surface area contributed by atoms with E-state index >= 15 is 0 Å². The second-order valence-electron chi connectivity index (χ2n) is 8.69. The molecule has 0 aromatic rings. The molecule has 0 spiro atoms. The molecule has 0 radical (unpaired) electrons. The molecule has 0 aliphatic heterocycles. The van der Waals surface area contributed by atoms with Gasteiger partial charge in [-0.25, -0.2) is 0 Å². The van der Waals surface area contributed by atoms with Crippen LogP contribution in [0.15, 0.2) is 25.3 Å². The van der Waals surface area contributed by atoms with Crippen LogP contribution in [0.1, 0.15) is 12.8 Å². The van der Waals surface area contributed by atoms with Gasteiger partial charge in [-0.1, -0.05) is 13.2 Å². The number of hydrogen-bond donors (Lipinski definition) is 2. The van der Waals surface area contributed by atoms with Crippen LogP contribution in [-0.4, -0.2) is 115 Å². The Hall–Kier alpha value is -0.780. The first kappa shape index (κ1) is 35.8. The number of halogens is 2. The van der Waals surface area contributed by atoms with Gasteiger partial charge < -0.3 is 63.0 Å². The van der Waals surface area contributed by atoms with Crippen molar-refractivity contribution in [1.29, 1.82) is 0 Å². The van der Waals surface area contributed by atoms with E-state index in [1.165, 1.54) is 12.2 Å². The SMILES string of the molecule is C=CC(=O)NCCC[N+](C)(C)CCOCCOCC[N+](C)(C)CCCNC(=O)C=C.[Br-].[Br-]. The predicted molar refractivity (Wildman–Crippen MR) is 121 cm³/mol. The summed E-state index contributed by atoms with van der Waals surface area (Å²) in [5.41, 5.74) is 0. The number of ether oxygens (including phenoxy) is 2.